The molecule has 3 aromatic rings. The van der Waals surface area contributed by atoms with E-state index in [1.165, 1.54) is 19.3 Å². The summed E-state index contributed by atoms with van der Waals surface area (Å²) >= 11 is 0. The molecular formula is C33H43N9O3. The van der Waals surface area contributed by atoms with Crippen LogP contribution < -0.4 is 10.6 Å². The van der Waals surface area contributed by atoms with E-state index >= 15 is 0 Å². The van der Waals surface area contributed by atoms with Crippen LogP contribution in [0.25, 0.3) is 11.0 Å². The van der Waals surface area contributed by atoms with Crippen LogP contribution in [0.5, 0.6) is 0 Å². The van der Waals surface area contributed by atoms with Crippen molar-refractivity contribution in [2.24, 2.45) is 0 Å². The van der Waals surface area contributed by atoms with Gasteiger partial charge in [0.25, 0.3) is 0 Å². The molecule has 0 unspecified atom stereocenters. The average Bonchev–Trinajstić information content (AvgIpc) is 3.56. The summed E-state index contributed by atoms with van der Waals surface area (Å²) in [6.07, 6.45) is 7.54. The Morgan fingerprint density at radius 3 is 2.36 bits per heavy atom. The van der Waals surface area contributed by atoms with Crippen LogP contribution in [0.4, 0.5) is 15.3 Å². The number of carbonyl (C=O) groups is 3. The van der Waals surface area contributed by atoms with E-state index in [0.717, 1.165) is 53.8 Å². The molecule has 0 bridgehead atoms. The number of aromatic nitrogens is 3. The first-order valence-electron chi connectivity index (χ1n) is 16.5. The van der Waals surface area contributed by atoms with Crippen molar-refractivity contribution in [3.05, 3.63) is 53.6 Å². The molecule has 0 spiro atoms. The molecule has 1 aromatic heterocycles. The van der Waals surface area contributed by atoms with Gasteiger partial charge in [-0.2, -0.15) is 15.4 Å². The van der Waals surface area contributed by atoms with Crippen LogP contribution >= 0.6 is 0 Å². The summed E-state index contributed by atoms with van der Waals surface area (Å²) < 4.78 is 0. The van der Waals surface area contributed by atoms with Crippen LogP contribution in [-0.2, 0) is 17.8 Å². The van der Waals surface area contributed by atoms with Crippen molar-refractivity contribution in [3.63, 3.8) is 0 Å². The van der Waals surface area contributed by atoms with Crippen LogP contribution in [0.3, 0.4) is 0 Å². The molecule has 3 N–H and O–H groups in total. The Kier molecular flexibility index (Phi) is 8.55. The van der Waals surface area contributed by atoms with Crippen molar-refractivity contribution < 1.29 is 14.4 Å². The first kappa shape index (κ1) is 29.5. The van der Waals surface area contributed by atoms with E-state index in [0.29, 0.717) is 58.0 Å². The molecule has 3 saturated heterocycles. The Labute approximate surface area is 263 Å². The number of benzene rings is 2. The van der Waals surface area contributed by atoms with Crippen molar-refractivity contribution in [2.75, 3.05) is 44.6 Å². The highest BCUT2D eigenvalue weighted by molar-refractivity contribution is 5.92. The van der Waals surface area contributed by atoms with Gasteiger partial charge in [-0.25, -0.2) is 9.59 Å². The summed E-state index contributed by atoms with van der Waals surface area (Å²) in [6, 6.07) is 13.2. The number of piperidine rings is 3. The number of rotatable bonds is 6. The Morgan fingerprint density at radius 1 is 0.844 bits per heavy atom. The monoisotopic (exact) mass is 613 g/mol. The number of nitrogens with one attached hydrogen (secondary N) is 3. The van der Waals surface area contributed by atoms with Gasteiger partial charge in [0.05, 0.1) is 0 Å². The van der Waals surface area contributed by atoms with Gasteiger partial charge >= 0.3 is 12.1 Å². The first-order chi connectivity index (χ1) is 22.0. The molecule has 1 atom stereocenters. The lowest BCUT2D eigenvalue weighted by Crippen LogP contribution is -2.57. The van der Waals surface area contributed by atoms with E-state index < -0.39 is 6.04 Å². The number of amides is 5. The highest BCUT2D eigenvalue weighted by Crippen LogP contribution is 2.28. The largest absolute Gasteiger partial charge is 0.341 e. The minimum atomic E-state index is -0.685. The van der Waals surface area contributed by atoms with Gasteiger partial charge in [-0.3, -0.25) is 4.79 Å². The lowest BCUT2D eigenvalue weighted by Gasteiger charge is -2.42. The fourth-order valence-corrected chi connectivity index (χ4v) is 7.54. The molecule has 45 heavy (non-hydrogen) atoms. The molecule has 0 radical (unpaired) electrons. The van der Waals surface area contributed by atoms with Crippen molar-refractivity contribution in [1.82, 2.24) is 40.3 Å². The van der Waals surface area contributed by atoms with Crippen LogP contribution in [0.2, 0.25) is 0 Å². The standard InChI is InChI=1S/C33H43N9O3/c43-31(40-16-10-25(11-17-40)39-14-4-1-5-15-39)30(21-23-8-9-28-29(20-23)37-38-36-28)35-32(44)41-18-12-26(13-19-41)42-22-24-6-2-3-7-27(24)34-33(42)45/h2-3,6-9,20,25-26,30H,1,4-5,10-19,21-22H2,(H,34,45)(H,35,44)(H,36,37,38)/t30-/m1/s1. The average molecular weight is 614 g/mol. The molecule has 5 heterocycles. The number of hydrogen-bond donors (Lipinski definition) is 3. The quantitative estimate of drug-likeness (QED) is 0.390. The SMILES string of the molecule is O=C(N[C@H](Cc1ccc2n[nH]nc2c1)C(=O)N1CCC(N2CCCCC2)CC1)N1CCC(N2Cc3ccccc3NC2=O)CC1. The molecule has 12 nitrogen and oxygen atoms in total. The van der Waals surface area contributed by atoms with Gasteiger partial charge in [-0.05, 0) is 80.9 Å². The molecule has 2 aromatic carbocycles. The van der Waals surface area contributed by atoms with Gasteiger partial charge in [0, 0.05) is 56.9 Å². The number of urea groups is 2. The van der Waals surface area contributed by atoms with Crippen molar-refractivity contribution in [2.45, 2.75) is 76.0 Å². The Morgan fingerprint density at radius 2 is 1.56 bits per heavy atom. The number of nitrogens with zero attached hydrogens (tertiary/aromatic N) is 6. The van der Waals surface area contributed by atoms with E-state index in [-0.39, 0.29) is 24.0 Å². The molecule has 12 heteroatoms. The van der Waals surface area contributed by atoms with Gasteiger partial charge in [0.1, 0.15) is 17.1 Å². The topological polar surface area (TPSA) is 130 Å². The van der Waals surface area contributed by atoms with Crippen LogP contribution in [0.15, 0.2) is 42.5 Å². The maximum atomic E-state index is 14.0. The van der Waals surface area contributed by atoms with Gasteiger partial charge in [-0.15, -0.1) is 0 Å². The van der Waals surface area contributed by atoms with Crippen LogP contribution in [0.1, 0.15) is 56.1 Å². The highest BCUT2D eigenvalue weighted by Gasteiger charge is 2.35. The Bertz CT molecular complexity index is 1520. The fourth-order valence-electron chi connectivity index (χ4n) is 7.54. The summed E-state index contributed by atoms with van der Waals surface area (Å²) in [5.41, 5.74) is 4.39. The van der Waals surface area contributed by atoms with Crippen molar-refractivity contribution >= 4 is 34.7 Å². The molecule has 7 rings (SSSR count). The molecule has 0 saturated carbocycles. The molecule has 4 aliphatic rings. The minimum Gasteiger partial charge on any atom is -0.341 e. The first-order valence-corrected chi connectivity index (χ1v) is 16.5. The molecular weight excluding hydrogens is 570 g/mol. The maximum Gasteiger partial charge on any atom is 0.322 e. The van der Waals surface area contributed by atoms with Gasteiger partial charge in [-0.1, -0.05) is 30.7 Å². The summed E-state index contributed by atoms with van der Waals surface area (Å²) in [4.78, 5) is 48.7. The van der Waals surface area contributed by atoms with E-state index in [9.17, 15) is 14.4 Å². The molecule has 238 valence electrons. The predicted molar refractivity (Wildman–Crippen MR) is 171 cm³/mol. The molecule has 3 fully saturated rings. The molecule has 0 aliphatic carbocycles. The van der Waals surface area contributed by atoms with Gasteiger partial charge in [0.2, 0.25) is 5.91 Å². The number of hydrogen-bond acceptors (Lipinski definition) is 6. The molecule has 4 aliphatic heterocycles. The lowest BCUT2D eigenvalue weighted by atomic mass is 9.98. The lowest BCUT2D eigenvalue weighted by molar-refractivity contribution is -0.134. The van der Waals surface area contributed by atoms with Crippen LogP contribution in [0, 0.1) is 0 Å². The second-order valence-corrected chi connectivity index (χ2v) is 12.9. The third-order valence-corrected chi connectivity index (χ3v) is 10.2. The van der Waals surface area contributed by atoms with E-state index in [2.05, 4.69) is 30.9 Å². The van der Waals surface area contributed by atoms with E-state index in [1.54, 1.807) is 4.90 Å². The van der Waals surface area contributed by atoms with E-state index in [4.69, 9.17) is 0 Å². The number of H-pyrrole nitrogens is 1. The number of aromatic amines is 1. The summed E-state index contributed by atoms with van der Waals surface area (Å²) in [5, 5.41) is 17.1. The van der Waals surface area contributed by atoms with Gasteiger partial charge in [0.15, 0.2) is 0 Å². The second kappa shape index (κ2) is 13.0. The van der Waals surface area contributed by atoms with Gasteiger partial charge < -0.3 is 30.2 Å². The summed E-state index contributed by atoms with van der Waals surface area (Å²) in [5.74, 6) is -0.0285. The number of fused-ring (bicyclic) bond motifs is 2. The Balaban J connectivity index is 0.994. The third-order valence-electron chi connectivity index (χ3n) is 10.2. The van der Waals surface area contributed by atoms with Crippen LogP contribution in [-0.4, -0.2) is 110 Å². The maximum absolute atomic E-state index is 14.0. The van der Waals surface area contributed by atoms with Crippen molar-refractivity contribution in [3.8, 4) is 0 Å². The summed E-state index contributed by atoms with van der Waals surface area (Å²) in [7, 11) is 0. The third kappa shape index (κ3) is 6.47. The highest BCUT2D eigenvalue weighted by atomic mass is 16.2. The molecule has 5 amide bonds. The number of likely N-dealkylation sites (tertiary alicyclic amines) is 3. The summed E-state index contributed by atoms with van der Waals surface area (Å²) in [6.45, 7) is 5.36. The number of carbonyl (C=O) groups excluding carboxylic acids is 3. The minimum absolute atomic E-state index is 0.0285. The zero-order valence-electron chi connectivity index (χ0n) is 25.8. The fraction of sp³-hybridized carbons (Fsp3) is 0.545. The van der Waals surface area contributed by atoms with E-state index in [1.807, 2.05) is 52.3 Å². The smallest absolute Gasteiger partial charge is 0.322 e. The normalized spacial score (nSPS) is 21.0. The zero-order valence-corrected chi connectivity index (χ0v) is 25.8. The second-order valence-electron chi connectivity index (χ2n) is 12.9. The van der Waals surface area contributed by atoms with Crippen molar-refractivity contribution in [1.29, 1.82) is 0 Å². The zero-order chi connectivity index (χ0) is 30.8. The predicted octanol–water partition coefficient (Wildman–Crippen LogP) is 3.57. The Hall–Kier alpha value is -4.19. The number of para-hydroxylation sites is 1. The number of anilines is 1.